The van der Waals surface area contributed by atoms with Crippen LogP contribution in [0.4, 0.5) is 8.78 Å². The summed E-state index contributed by atoms with van der Waals surface area (Å²) in [6.07, 6.45) is 6.69. The zero-order chi connectivity index (χ0) is 20.6. The van der Waals surface area contributed by atoms with Gasteiger partial charge in [-0.3, -0.25) is 0 Å². The molecule has 0 atom stereocenters. The molecule has 0 aliphatic heterocycles. The van der Waals surface area contributed by atoms with Crippen molar-refractivity contribution in [1.82, 2.24) is 0 Å². The number of halogens is 2. The summed E-state index contributed by atoms with van der Waals surface area (Å²) >= 11 is 0. The predicted octanol–water partition coefficient (Wildman–Crippen LogP) is 8.37. The minimum Gasteiger partial charge on any atom is -0.203 e. The highest BCUT2D eigenvalue weighted by Crippen LogP contribution is 2.32. The largest absolute Gasteiger partial charge is 0.203 e. The second-order valence-corrected chi connectivity index (χ2v) is 7.69. The van der Waals surface area contributed by atoms with Crippen LogP contribution in [-0.2, 0) is 12.8 Å². The number of unbranched alkanes of at least 4 members (excludes halogenated alkanes) is 3. The lowest BCUT2D eigenvalue weighted by Crippen LogP contribution is -2.04. The highest BCUT2D eigenvalue weighted by atomic mass is 19.2. The van der Waals surface area contributed by atoms with E-state index in [9.17, 15) is 8.78 Å². The molecule has 0 aliphatic rings. The van der Waals surface area contributed by atoms with Crippen LogP contribution in [0.1, 0.15) is 57.1 Å². The van der Waals surface area contributed by atoms with Crippen LogP contribution in [0.2, 0.25) is 0 Å². The molecule has 152 valence electrons. The fraction of sp³-hybridized carbons (Fsp3) is 0.333. The lowest BCUT2D eigenvalue weighted by molar-refractivity contribution is 0.497. The van der Waals surface area contributed by atoms with Gasteiger partial charge in [-0.1, -0.05) is 94.1 Å². The Morgan fingerprint density at radius 1 is 0.621 bits per heavy atom. The van der Waals surface area contributed by atoms with Crippen LogP contribution in [0, 0.1) is 11.6 Å². The van der Waals surface area contributed by atoms with Crippen molar-refractivity contribution in [2.45, 2.75) is 58.8 Å². The Labute approximate surface area is 173 Å². The van der Waals surface area contributed by atoms with Gasteiger partial charge in [0.25, 0.3) is 0 Å². The lowest BCUT2D eigenvalue weighted by Gasteiger charge is -2.15. The van der Waals surface area contributed by atoms with Gasteiger partial charge in [0, 0.05) is 5.56 Å². The Hall–Kier alpha value is -2.48. The molecular weight excluding hydrogens is 362 g/mol. The summed E-state index contributed by atoms with van der Waals surface area (Å²) in [5.74, 6) is -1.39. The molecule has 0 N–H and O–H groups in total. The van der Waals surface area contributed by atoms with Gasteiger partial charge < -0.3 is 0 Å². The monoisotopic (exact) mass is 392 g/mol. The van der Waals surface area contributed by atoms with Crippen LogP contribution in [0.15, 0.2) is 60.7 Å². The zero-order valence-corrected chi connectivity index (χ0v) is 17.5. The third-order valence-corrected chi connectivity index (χ3v) is 5.50. The molecule has 0 fully saturated rings. The highest BCUT2D eigenvalue weighted by Gasteiger charge is 2.19. The molecule has 0 saturated heterocycles. The summed E-state index contributed by atoms with van der Waals surface area (Å²) < 4.78 is 29.9. The van der Waals surface area contributed by atoms with Crippen LogP contribution in [0.25, 0.3) is 22.3 Å². The van der Waals surface area contributed by atoms with E-state index in [0.717, 1.165) is 47.9 Å². The fourth-order valence-corrected chi connectivity index (χ4v) is 3.88. The first kappa shape index (κ1) is 21.2. The predicted molar refractivity (Wildman–Crippen MR) is 119 cm³/mol. The molecule has 0 unspecified atom stereocenters. The van der Waals surface area contributed by atoms with Crippen LogP contribution in [-0.4, -0.2) is 0 Å². The first-order chi connectivity index (χ1) is 14.2. The van der Waals surface area contributed by atoms with Crippen LogP contribution in [0.5, 0.6) is 0 Å². The molecule has 3 aromatic rings. The molecule has 0 heterocycles. The van der Waals surface area contributed by atoms with Crippen molar-refractivity contribution in [3.05, 3.63) is 83.4 Å². The van der Waals surface area contributed by atoms with E-state index in [-0.39, 0.29) is 0 Å². The first-order valence-electron chi connectivity index (χ1n) is 10.8. The van der Waals surface area contributed by atoms with Crippen LogP contribution in [0.3, 0.4) is 0 Å². The molecule has 0 nitrogen and oxygen atoms in total. The maximum absolute atomic E-state index is 14.9. The minimum atomic E-state index is -0.724. The summed E-state index contributed by atoms with van der Waals surface area (Å²) in [7, 11) is 0. The maximum atomic E-state index is 14.9. The summed E-state index contributed by atoms with van der Waals surface area (Å²) in [6, 6.07) is 19.7. The third kappa shape index (κ3) is 5.12. The Morgan fingerprint density at radius 2 is 1.28 bits per heavy atom. The molecule has 3 rings (SSSR count). The Bertz CT molecular complexity index is 912. The molecule has 0 amide bonds. The van der Waals surface area contributed by atoms with Crippen molar-refractivity contribution in [3.63, 3.8) is 0 Å². The number of benzene rings is 3. The van der Waals surface area contributed by atoms with E-state index in [1.165, 1.54) is 12.8 Å². The number of aryl methyl sites for hydroxylation is 1. The topological polar surface area (TPSA) is 0 Å². The Kier molecular flexibility index (Phi) is 7.57. The number of rotatable bonds is 9. The molecule has 0 radical (unpaired) electrons. The molecular formula is C27H30F2. The molecule has 29 heavy (non-hydrogen) atoms. The Morgan fingerprint density at radius 3 is 1.93 bits per heavy atom. The van der Waals surface area contributed by atoms with Crippen molar-refractivity contribution in [1.29, 1.82) is 0 Å². The van der Waals surface area contributed by atoms with Gasteiger partial charge in [-0.05, 0) is 53.1 Å². The average molecular weight is 393 g/mol. The number of hydrogen-bond acceptors (Lipinski definition) is 0. The molecule has 0 aliphatic carbocycles. The SMILES string of the molecule is CCCCCCc1cc(-c2ccc(-c3ccccc3)cc2)c(F)c(F)c1CCC. The minimum absolute atomic E-state index is 0.368. The molecule has 3 aromatic carbocycles. The van der Waals surface area contributed by atoms with Crippen LogP contribution < -0.4 is 0 Å². The van der Waals surface area contributed by atoms with Gasteiger partial charge in [-0.2, -0.15) is 0 Å². The normalized spacial score (nSPS) is 11.0. The van der Waals surface area contributed by atoms with Gasteiger partial charge in [0.05, 0.1) is 0 Å². The summed E-state index contributed by atoms with van der Waals surface area (Å²) in [5.41, 5.74) is 4.79. The van der Waals surface area contributed by atoms with E-state index in [0.29, 0.717) is 17.5 Å². The van der Waals surface area contributed by atoms with E-state index in [4.69, 9.17) is 0 Å². The van der Waals surface area contributed by atoms with E-state index in [1.807, 2.05) is 67.6 Å². The fourth-order valence-electron chi connectivity index (χ4n) is 3.88. The maximum Gasteiger partial charge on any atom is 0.166 e. The van der Waals surface area contributed by atoms with Gasteiger partial charge >= 0.3 is 0 Å². The van der Waals surface area contributed by atoms with Crippen molar-refractivity contribution < 1.29 is 8.78 Å². The molecule has 0 bridgehead atoms. The van der Waals surface area contributed by atoms with Crippen molar-refractivity contribution in [2.24, 2.45) is 0 Å². The van der Waals surface area contributed by atoms with E-state index >= 15 is 0 Å². The molecule has 2 heteroatoms. The van der Waals surface area contributed by atoms with Crippen molar-refractivity contribution >= 4 is 0 Å². The molecule has 0 saturated carbocycles. The second kappa shape index (κ2) is 10.3. The van der Waals surface area contributed by atoms with Gasteiger partial charge in [-0.25, -0.2) is 8.78 Å². The van der Waals surface area contributed by atoms with Gasteiger partial charge in [0.2, 0.25) is 0 Å². The zero-order valence-electron chi connectivity index (χ0n) is 17.5. The third-order valence-electron chi connectivity index (χ3n) is 5.50. The average Bonchev–Trinajstić information content (AvgIpc) is 2.76. The van der Waals surface area contributed by atoms with Crippen molar-refractivity contribution in [3.8, 4) is 22.3 Å². The van der Waals surface area contributed by atoms with E-state index in [1.54, 1.807) is 0 Å². The summed E-state index contributed by atoms with van der Waals surface area (Å²) in [4.78, 5) is 0. The molecule has 0 aromatic heterocycles. The van der Waals surface area contributed by atoms with Gasteiger partial charge in [-0.15, -0.1) is 0 Å². The van der Waals surface area contributed by atoms with Crippen LogP contribution >= 0.6 is 0 Å². The van der Waals surface area contributed by atoms with Crippen molar-refractivity contribution in [2.75, 3.05) is 0 Å². The quantitative estimate of drug-likeness (QED) is 0.321. The standard InChI is InChI=1S/C27H30F2/c1-3-5-6-8-14-23-19-25(27(29)26(28)24(23)11-4-2)22-17-15-21(16-18-22)20-12-9-7-10-13-20/h7,9-10,12-13,15-19H,3-6,8,11,14H2,1-2H3. The van der Waals surface area contributed by atoms with Gasteiger partial charge in [0.1, 0.15) is 0 Å². The molecule has 0 spiro atoms. The van der Waals surface area contributed by atoms with E-state index < -0.39 is 11.6 Å². The van der Waals surface area contributed by atoms with Gasteiger partial charge in [0.15, 0.2) is 11.6 Å². The lowest BCUT2D eigenvalue weighted by atomic mass is 9.92. The van der Waals surface area contributed by atoms with E-state index in [2.05, 4.69) is 6.92 Å². The smallest absolute Gasteiger partial charge is 0.166 e. The first-order valence-corrected chi connectivity index (χ1v) is 10.8. The second-order valence-electron chi connectivity index (χ2n) is 7.69. The Balaban J connectivity index is 1.94. The highest BCUT2D eigenvalue weighted by molar-refractivity contribution is 5.71. The summed E-state index contributed by atoms with van der Waals surface area (Å²) in [6.45, 7) is 4.19. The number of hydrogen-bond donors (Lipinski definition) is 0. The summed E-state index contributed by atoms with van der Waals surface area (Å²) in [5, 5.41) is 0.